The van der Waals surface area contributed by atoms with Crippen molar-refractivity contribution in [3.63, 3.8) is 0 Å². The van der Waals surface area contributed by atoms with E-state index in [0.717, 1.165) is 33.0 Å². The highest BCUT2D eigenvalue weighted by molar-refractivity contribution is 5.99. The maximum Gasteiger partial charge on any atom is 0.347 e. The van der Waals surface area contributed by atoms with Crippen LogP contribution in [0.1, 0.15) is 35.6 Å². The molecular formula is C18H20O4. The van der Waals surface area contributed by atoms with Crippen molar-refractivity contribution in [3.8, 4) is 11.5 Å². The molecule has 0 spiro atoms. The van der Waals surface area contributed by atoms with Crippen LogP contribution in [0.2, 0.25) is 0 Å². The van der Waals surface area contributed by atoms with E-state index >= 15 is 0 Å². The van der Waals surface area contributed by atoms with E-state index < -0.39 is 11.6 Å². The number of ether oxygens (including phenoxy) is 1. The zero-order chi connectivity index (χ0) is 16.2. The standard InChI is InChI=1S/C18H20O4/c1-9-5-6-13-14(10(9)2)15(19)11(3)12-7-8-18(4,17(20)21)22-16(12)13/h5-6,19H,7-8H2,1-4H3,(H,20,21). The van der Waals surface area contributed by atoms with Crippen LogP contribution in [0.5, 0.6) is 11.5 Å². The number of rotatable bonds is 1. The average Bonchev–Trinajstić information content (AvgIpc) is 2.47. The Morgan fingerprint density at radius 1 is 1.23 bits per heavy atom. The second kappa shape index (κ2) is 4.63. The summed E-state index contributed by atoms with van der Waals surface area (Å²) < 4.78 is 5.91. The lowest BCUT2D eigenvalue weighted by molar-refractivity contribution is -0.155. The van der Waals surface area contributed by atoms with Gasteiger partial charge < -0.3 is 14.9 Å². The third kappa shape index (κ3) is 1.86. The van der Waals surface area contributed by atoms with Gasteiger partial charge in [0.1, 0.15) is 11.5 Å². The van der Waals surface area contributed by atoms with Crippen LogP contribution >= 0.6 is 0 Å². The molecule has 2 aromatic rings. The van der Waals surface area contributed by atoms with Gasteiger partial charge in [-0.3, -0.25) is 0 Å². The van der Waals surface area contributed by atoms with Gasteiger partial charge in [-0.15, -0.1) is 0 Å². The monoisotopic (exact) mass is 300 g/mol. The number of aryl methyl sites for hydroxylation is 2. The Balaban J connectivity index is 2.37. The van der Waals surface area contributed by atoms with Gasteiger partial charge in [0.15, 0.2) is 0 Å². The highest BCUT2D eigenvalue weighted by Gasteiger charge is 2.40. The Labute approximate surface area is 129 Å². The second-order valence-corrected chi connectivity index (χ2v) is 6.35. The Morgan fingerprint density at radius 3 is 2.55 bits per heavy atom. The zero-order valence-corrected chi connectivity index (χ0v) is 13.3. The SMILES string of the molecule is Cc1ccc2c3c(c(C)c(O)c2c1C)CCC(C)(C(=O)O)O3. The van der Waals surface area contributed by atoms with Crippen molar-refractivity contribution in [2.45, 2.75) is 46.1 Å². The third-order valence-electron chi connectivity index (χ3n) is 4.93. The lowest BCUT2D eigenvalue weighted by atomic mass is 9.86. The Hall–Kier alpha value is -2.23. The number of carboxylic acids is 1. The molecule has 2 aromatic carbocycles. The summed E-state index contributed by atoms with van der Waals surface area (Å²) in [6, 6.07) is 3.88. The zero-order valence-electron chi connectivity index (χ0n) is 13.3. The Bertz CT molecular complexity index is 807. The molecule has 1 heterocycles. The van der Waals surface area contributed by atoms with Gasteiger partial charge >= 0.3 is 5.97 Å². The molecule has 1 unspecified atom stereocenters. The molecule has 4 nitrogen and oxygen atoms in total. The molecule has 0 saturated carbocycles. The van der Waals surface area contributed by atoms with E-state index in [0.29, 0.717) is 18.6 Å². The summed E-state index contributed by atoms with van der Waals surface area (Å²) in [7, 11) is 0. The lowest BCUT2D eigenvalue weighted by Gasteiger charge is -2.34. The molecule has 1 aliphatic heterocycles. The largest absolute Gasteiger partial charge is 0.507 e. The number of phenolic OH excluding ortho intramolecular Hbond substituents is 1. The molecule has 0 radical (unpaired) electrons. The average molecular weight is 300 g/mol. The molecular weight excluding hydrogens is 280 g/mol. The molecule has 0 amide bonds. The minimum atomic E-state index is -1.22. The van der Waals surface area contributed by atoms with E-state index in [1.54, 1.807) is 6.92 Å². The second-order valence-electron chi connectivity index (χ2n) is 6.35. The fraction of sp³-hybridized carbons (Fsp3) is 0.389. The summed E-state index contributed by atoms with van der Waals surface area (Å²) in [5, 5.41) is 21.6. The van der Waals surface area contributed by atoms with E-state index in [-0.39, 0.29) is 5.75 Å². The van der Waals surface area contributed by atoms with Crippen LogP contribution in [0.3, 0.4) is 0 Å². The Kier molecular flexibility index (Phi) is 3.09. The highest BCUT2D eigenvalue weighted by Crippen LogP contribution is 2.46. The first kappa shape index (κ1) is 14.7. The quantitative estimate of drug-likeness (QED) is 0.844. The summed E-state index contributed by atoms with van der Waals surface area (Å²) in [6.07, 6.45) is 0.979. The minimum Gasteiger partial charge on any atom is -0.507 e. The number of carboxylic acid groups (broad SMARTS) is 1. The molecule has 0 saturated heterocycles. The van der Waals surface area contributed by atoms with Crippen LogP contribution in [0, 0.1) is 20.8 Å². The number of aliphatic carboxylic acids is 1. The van der Waals surface area contributed by atoms with E-state index in [9.17, 15) is 15.0 Å². The molecule has 4 heteroatoms. The van der Waals surface area contributed by atoms with Gasteiger partial charge in [0, 0.05) is 22.8 Å². The number of hydrogen-bond acceptors (Lipinski definition) is 3. The van der Waals surface area contributed by atoms with Crippen LogP contribution in [0.15, 0.2) is 12.1 Å². The number of benzene rings is 2. The molecule has 0 aromatic heterocycles. The van der Waals surface area contributed by atoms with Crippen molar-refractivity contribution in [3.05, 3.63) is 34.4 Å². The molecule has 0 bridgehead atoms. The maximum absolute atomic E-state index is 11.5. The van der Waals surface area contributed by atoms with E-state index in [4.69, 9.17) is 4.74 Å². The topological polar surface area (TPSA) is 66.8 Å². The number of hydrogen-bond donors (Lipinski definition) is 2. The van der Waals surface area contributed by atoms with Gasteiger partial charge in [-0.1, -0.05) is 12.1 Å². The maximum atomic E-state index is 11.5. The highest BCUT2D eigenvalue weighted by atomic mass is 16.5. The first-order chi connectivity index (χ1) is 10.3. The molecule has 0 fully saturated rings. The Morgan fingerprint density at radius 2 is 1.91 bits per heavy atom. The van der Waals surface area contributed by atoms with Gasteiger partial charge in [0.2, 0.25) is 5.60 Å². The summed E-state index contributed by atoms with van der Waals surface area (Å²) >= 11 is 0. The van der Waals surface area contributed by atoms with Crippen LogP contribution in [-0.4, -0.2) is 21.8 Å². The number of aromatic hydroxyl groups is 1. The lowest BCUT2D eigenvalue weighted by Crippen LogP contribution is -2.44. The molecule has 116 valence electrons. The van der Waals surface area contributed by atoms with Gasteiger partial charge in [0.25, 0.3) is 0 Å². The number of phenols is 1. The van der Waals surface area contributed by atoms with Crippen LogP contribution in [0.25, 0.3) is 10.8 Å². The van der Waals surface area contributed by atoms with Crippen molar-refractivity contribution in [2.75, 3.05) is 0 Å². The summed E-state index contributed by atoms with van der Waals surface area (Å²) in [5.74, 6) is -0.0807. The summed E-state index contributed by atoms with van der Waals surface area (Å²) in [5.41, 5.74) is 2.55. The van der Waals surface area contributed by atoms with Crippen LogP contribution < -0.4 is 4.74 Å². The molecule has 0 aliphatic carbocycles. The fourth-order valence-electron chi connectivity index (χ4n) is 3.18. The van der Waals surface area contributed by atoms with Crippen molar-refractivity contribution in [1.82, 2.24) is 0 Å². The molecule has 1 atom stereocenters. The smallest absolute Gasteiger partial charge is 0.347 e. The molecule has 22 heavy (non-hydrogen) atoms. The normalized spacial score (nSPS) is 20.5. The minimum absolute atomic E-state index is 0.275. The van der Waals surface area contributed by atoms with Crippen LogP contribution in [-0.2, 0) is 11.2 Å². The van der Waals surface area contributed by atoms with E-state index in [1.807, 2.05) is 32.9 Å². The first-order valence-corrected chi connectivity index (χ1v) is 7.43. The first-order valence-electron chi connectivity index (χ1n) is 7.43. The predicted molar refractivity (Wildman–Crippen MR) is 84.8 cm³/mol. The van der Waals surface area contributed by atoms with Gasteiger partial charge in [-0.05, 0) is 50.8 Å². The van der Waals surface area contributed by atoms with Gasteiger partial charge in [0.05, 0.1) is 0 Å². The van der Waals surface area contributed by atoms with E-state index in [2.05, 4.69) is 0 Å². The van der Waals surface area contributed by atoms with Crippen LogP contribution in [0.4, 0.5) is 0 Å². The molecule has 3 rings (SSSR count). The molecule has 2 N–H and O–H groups in total. The van der Waals surface area contributed by atoms with Crippen molar-refractivity contribution in [2.24, 2.45) is 0 Å². The summed E-state index contributed by atoms with van der Waals surface area (Å²) in [4.78, 5) is 11.5. The fourth-order valence-corrected chi connectivity index (χ4v) is 3.18. The van der Waals surface area contributed by atoms with E-state index in [1.165, 1.54) is 0 Å². The number of carbonyl (C=O) groups is 1. The third-order valence-corrected chi connectivity index (χ3v) is 4.93. The molecule has 1 aliphatic rings. The van der Waals surface area contributed by atoms with Gasteiger partial charge in [-0.25, -0.2) is 4.79 Å². The van der Waals surface area contributed by atoms with Gasteiger partial charge in [-0.2, -0.15) is 0 Å². The summed E-state index contributed by atoms with van der Waals surface area (Å²) in [6.45, 7) is 7.42. The van der Waals surface area contributed by atoms with Crippen molar-refractivity contribution >= 4 is 16.7 Å². The predicted octanol–water partition coefficient (Wildman–Crippen LogP) is 3.64. The number of fused-ring (bicyclic) bond motifs is 3. The van der Waals surface area contributed by atoms with Crippen molar-refractivity contribution < 1.29 is 19.7 Å². The van der Waals surface area contributed by atoms with Crippen molar-refractivity contribution in [1.29, 1.82) is 0 Å².